The first-order valence-electron chi connectivity index (χ1n) is 5.81. The predicted octanol–water partition coefficient (Wildman–Crippen LogP) is 2.36. The highest BCUT2D eigenvalue weighted by molar-refractivity contribution is 6.30. The molecule has 0 aliphatic heterocycles. The van der Waals surface area contributed by atoms with E-state index in [4.69, 9.17) is 16.3 Å². The zero-order valence-electron chi connectivity index (χ0n) is 10.7. The predicted molar refractivity (Wildman–Crippen MR) is 70.2 cm³/mol. The van der Waals surface area contributed by atoms with Crippen LogP contribution in [0, 0.1) is 5.82 Å². The van der Waals surface area contributed by atoms with Gasteiger partial charge in [0.05, 0.1) is 10.6 Å². The smallest absolute Gasteiger partial charge is 0.146 e. The van der Waals surface area contributed by atoms with E-state index < -0.39 is 11.4 Å². The second kappa shape index (κ2) is 7.04. The Labute approximate surface area is 112 Å². The summed E-state index contributed by atoms with van der Waals surface area (Å²) in [5.74, 6) is -0.414. The summed E-state index contributed by atoms with van der Waals surface area (Å²) in [5, 5.41) is 13.1. The van der Waals surface area contributed by atoms with Crippen LogP contribution in [0.1, 0.15) is 18.9 Å². The number of benzene rings is 1. The number of hydrogen-bond donors (Lipinski definition) is 2. The summed E-state index contributed by atoms with van der Waals surface area (Å²) in [4.78, 5) is 0. The highest BCUT2D eigenvalue weighted by Gasteiger charge is 2.19. The fraction of sp³-hybridized carbons (Fsp3) is 0.538. The van der Waals surface area contributed by atoms with Crippen LogP contribution in [0.2, 0.25) is 5.02 Å². The number of aliphatic hydroxyl groups is 1. The molecule has 0 aromatic heterocycles. The van der Waals surface area contributed by atoms with Gasteiger partial charge in [0.25, 0.3) is 0 Å². The molecule has 1 aromatic carbocycles. The van der Waals surface area contributed by atoms with E-state index in [-0.39, 0.29) is 5.02 Å². The topological polar surface area (TPSA) is 41.5 Å². The molecule has 18 heavy (non-hydrogen) atoms. The van der Waals surface area contributed by atoms with Gasteiger partial charge < -0.3 is 15.2 Å². The van der Waals surface area contributed by atoms with Crippen molar-refractivity contribution >= 4 is 11.6 Å². The maximum atomic E-state index is 13.6. The molecule has 3 nitrogen and oxygen atoms in total. The summed E-state index contributed by atoms with van der Waals surface area (Å²) in [6.07, 6.45) is 0.522. The van der Waals surface area contributed by atoms with E-state index in [9.17, 15) is 9.50 Å². The maximum absolute atomic E-state index is 13.6. The molecule has 0 aliphatic carbocycles. The number of rotatable bonds is 7. The zero-order valence-corrected chi connectivity index (χ0v) is 11.4. The molecule has 1 aromatic rings. The molecule has 0 bridgehead atoms. The van der Waals surface area contributed by atoms with E-state index in [1.165, 1.54) is 6.07 Å². The molecule has 0 saturated heterocycles. The van der Waals surface area contributed by atoms with E-state index in [0.29, 0.717) is 31.7 Å². The molecule has 0 spiro atoms. The Kier molecular flexibility index (Phi) is 6.02. The van der Waals surface area contributed by atoms with Gasteiger partial charge in [0.1, 0.15) is 5.82 Å². The number of methoxy groups -OCH3 is 1. The Morgan fingerprint density at radius 3 is 2.89 bits per heavy atom. The second-order valence-corrected chi connectivity index (χ2v) is 4.96. The zero-order chi connectivity index (χ0) is 13.6. The monoisotopic (exact) mass is 275 g/mol. The molecule has 0 heterocycles. The summed E-state index contributed by atoms with van der Waals surface area (Å²) in [6, 6.07) is 4.87. The molecule has 0 amide bonds. The summed E-state index contributed by atoms with van der Waals surface area (Å²) < 4.78 is 18.5. The molecule has 0 saturated carbocycles. The third-order valence-corrected chi connectivity index (χ3v) is 2.99. The minimum absolute atomic E-state index is 0.112. The Bertz CT molecular complexity index is 385. The number of halogens is 2. The molecular weight excluding hydrogens is 257 g/mol. The van der Waals surface area contributed by atoms with Crippen molar-refractivity contribution < 1.29 is 14.2 Å². The Hall–Kier alpha value is -0.680. The van der Waals surface area contributed by atoms with E-state index >= 15 is 0 Å². The lowest BCUT2D eigenvalue weighted by molar-refractivity contribution is 0.0247. The van der Waals surface area contributed by atoms with Gasteiger partial charge in [0, 0.05) is 38.8 Å². The molecule has 0 fully saturated rings. The molecule has 1 unspecified atom stereocenters. The van der Waals surface area contributed by atoms with Crippen molar-refractivity contribution in [2.45, 2.75) is 25.5 Å². The highest BCUT2D eigenvalue weighted by Crippen LogP contribution is 2.17. The molecule has 0 aliphatic rings. The van der Waals surface area contributed by atoms with Crippen LogP contribution in [-0.4, -0.2) is 31.0 Å². The van der Waals surface area contributed by atoms with Crippen LogP contribution in [-0.2, 0) is 11.3 Å². The fourth-order valence-electron chi connectivity index (χ4n) is 1.56. The lowest BCUT2D eigenvalue weighted by Gasteiger charge is -2.23. The van der Waals surface area contributed by atoms with Gasteiger partial charge in [-0.1, -0.05) is 23.7 Å². The van der Waals surface area contributed by atoms with Crippen molar-refractivity contribution in [3.63, 3.8) is 0 Å². The van der Waals surface area contributed by atoms with E-state index in [1.807, 2.05) is 0 Å². The number of ether oxygens (including phenoxy) is 1. The van der Waals surface area contributed by atoms with Gasteiger partial charge in [-0.15, -0.1) is 0 Å². The van der Waals surface area contributed by atoms with Gasteiger partial charge in [0.15, 0.2) is 0 Å². The van der Waals surface area contributed by atoms with E-state index in [1.54, 1.807) is 26.2 Å². The lowest BCUT2D eigenvalue weighted by atomic mass is 10.0. The highest BCUT2D eigenvalue weighted by atomic mass is 35.5. The Morgan fingerprint density at radius 1 is 1.50 bits per heavy atom. The minimum Gasteiger partial charge on any atom is -0.389 e. The summed E-state index contributed by atoms with van der Waals surface area (Å²) >= 11 is 5.68. The molecule has 102 valence electrons. The van der Waals surface area contributed by atoms with E-state index in [2.05, 4.69) is 5.32 Å². The van der Waals surface area contributed by atoms with Crippen molar-refractivity contribution in [1.82, 2.24) is 5.32 Å². The first-order chi connectivity index (χ1) is 8.46. The van der Waals surface area contributed by atoms with Crippen molar-refractivity contribution in [3.05, 3.63) is 34.6 Å². The molecule has 0 radical (unpaired) electrons. The Balaban J connectivity index is 2.44. The van der Waals surface area contributed by atoms with Crippen LogP contribution in [0.5, 0.6) is 0 Å². The van der Waals surface area contributed by atoms with Gasteiger partial charge >= 0.3 is 0 Å². The van der Waals surface area contributed by atoms with Crippen LogP contribution in [0.4, 0.5) is 4.39 Å². The SMILES string of the molecule is COCCC(C)(O)CNCc1cccc(Cl)c1F. The van der Waals surface area contributed by atoms with Crippen LogP contribution < -0.4 is 5.32 Å². The van der Waals surface area contributed by atoms with Gasteiger partial charge in [-0.2, -0.15) is 0 Å². The van der Waals surface area contributed by atoms with Crippen LogP contribution in [0.3, 0.4) is 0 Å². The van der Waals surface area contributed by atoms with Gasteiger partial charge in [-0.25, -0.2) is 4.39 Å². The lowest BCUT2D eigenvalue weighted by Crippen LogP contribution is -2.38. The third kappa shape index (κ3) is 4.90. The summed E-state index contributed by atoms with van der Waals surface area (Å²) in [7, 11) is 1.59. The van der Waals surface area contributed by atoms with Crippen LogP contribution in [0.15, 0.2) is 18.2 Å². The Morgan fingerprint density at radius 2 is 2.22 bits per heavy atom. The average molecular weight is 276 g/mol. The molecule has 5 heteroatoms. The minimum atomic E-state index is -0.870. The van der Waals surface area contributed by atoms with Crippen molar-refractivity contribution in [1.29, 1.82) is 0 Å². The number of hydrogen-bond acceptors (Lipinski definition) is 3. The fourth-order valence-corrected chi connectivity index (χ4v) is 1.76. The maximum Gasteiger partial charge on any atom is 0.146 e. The van der Waals surface area contributed by atoms with Crippen molar-refractivity contribution in [2.75, 3.05) is 20.3 Å². The summed E-state index contributed by atoms with van der Waals surface area (Å²) in [5.41, 5.74) is -0.379. The van der Waals surface area contributed by atoms with Gasteiger partial charge in [0.2, 0.25) is 0 Å². The normalized spacial score (nSPS) is 14.5. The van der Waals surface area contributed by atoms with Crippen LogP contribution in [0.25, 0.3) is 0 Å². The molecule has 1 rings (SSSR count). The van der Waals surface area contributed by atoms with Crippen LogP contribution >= 0.6 is 11.6 Å². The average Bonchev–Trinajstić information content (AvgIpc) is 2.32. The molecular formula is C13H19ClFNO2. The van der Waals surface area contributed by atoms with E-state index in [0.717, 1.165) is 0 Å². The van der Waals surface area contributed by atoms with Crippen molar-refractivity contribution in [2.24, 2.45) is 0 Å². The third-order valence-electron chi connectivity index (χ3n) is 2.70. The standard InChI is InChI=1S/C13H19ClFNO2/c1-13(17,6-7-18-2)9-16-8-10-4-3-5-11(14)12(10)15/h3-5,16-17H,6-9H2,1-2H3. The van der Waals surface area contributed by atoms with Gasteiger partial charge in [-0.05, 0) is 13.0 Å². The first kappa shape index (κ1) is 15.4. The number of nitrogens with one attached hydrogen (secondary N) is 1. The molecule has 2 N–H and O–H groups in total. The van der Waals surface area contributed by atoms with Gasteiger partial charge in [-0.3, -0.25) is 0 Å². The quantitative estimate of drug-likeness (QED) is 0.803. The first-order valence-corrected chi connectivity index (χ1v) is 6.19. The van der Waals surface area contributed by atoms with Crippen molar-refractivity contribution in [3.8, 4) is 0 Å². The second-order valence-electron chi connectivity index (χ2n) is 4.56. The largest absolute Gasteiger partial charge is 0.389 e. The summed E-state index contributed by atoms with van der Waals surface area (Å²) in [6.45, 7) is 2.89. The molecule has 1 atom stereocenters.